The first-order valence-electron chi connectivity index (χ1n) is 13.8. The second-order valence-electron chi connectivity index (χ2n) is 12.9. The van der Waals surface area contributed by atoms with Crippen molar-refractivity contribution in [3.05, 3.63) is 63.7 Å². The first kappa shape index (κ1) is 33.1. The second-order valence-corrected chi connectivity index (χ2v) is 13.3. The normalized spacial score (nSPS) is 13.4. The molecule has 0 aliphatic rings. The minimum Gasteiger partial charge on any atom is -0.444 e. The Morgan fingerprint density at radius 1 is 0.925 bits per heavy atom. The highest BCUT2D eigenvalue weighted by atomic mass is 35.5. The zero-order valence-electron chi connectivity index (χ0n) is 25.9. The molecule has 0 aromatic heterocycles. The lowest BCUT2D eigenvalue weighted by Gasteiger charge is -2.43. The standard InChI is InChI=1S/C32H46ClN3O4/c1-19(2)17-25(34-30(39)40-32(9,10)11)29(38)36(31(6,7)8)27(23-16-15-20(3)22(5)18-23)28(37)35-26-21(4)13-12-14-24(26)33/h12-16,18-19,25,27H,17H2,1-11H3,(H,34,39)(H,35,37). The van der Waals surface area contributed by atoms with Gasteiger partial charge in [0.15, 0.2) is 0 Å². The number of alkyl carbamates (subject to hydrolysis) is 1. The Labute approximate surface area is 245 Å². The molecule has 0 bridgehead atoms. The Balaban J connectivity index is 2.67. The number of halogens is 1. The molecule has 220 valence electrons. The summed E-state index contributed by atoms with van der Waals surface area (Å²) in [5.41, 5.74) is 2.51. The third kappa shape index (κ3) is 8.98. The number of nitrogens with zero attached hydrogens (tertiary/aromatic N) is 1. The topological polar surface area (TPSA) is 87.7 Å². The van der Waals surface area contributed by atoms with Gasteiger partial charge in [-0.3, -0.25) is 9.59 Å². The van der Waals surface area contributed by atoms with Crippen molar-refractivity contribution >= 4 is 35.2 Å². The number of anilines is 1. The van der Waals surface area contributed by atoms with Gasteiger partial charge in [0.05, 0.1) is 10.7 Å². The molecule has 3 amide bonds. The van der Waals surface area contributed by atoms with Crippen LogP contribution in [0.15, 0.2) is 36.4 Å². The van der Waals surface area contributed by atoms with Gasteiger partial charge in [0.1, 0.15) is 17.7 Å². The lowest BCUT2D eigenvalue weighted by Crippen LogP contribution is -2.58. The number of carbonyl (C=O) groups excluding carboxylic acids is 3. The fourth-order valence-electron chi connectivity index (χ4n) is 4.49. The number of para-hydroxylation sites is 1. The molecule has 0 heterocycles. The maximum atomic E-state index is 14.4. The lowest BCUT2D eigenvalue weighted by atomic mass is 9.92. The molecule has 2 aromatic rings. The third-order valence-corrected chi connectivity index (χ3v) is 6.79. The molecule has 2 aromatic carbocycles. The van der Waals surface area contributed by atoms with E-state index in [1.807, 2.05) is 85.7 Å². The zero-order valence-corrected chi connectivity index (χ0v) is 26.6. The van der Waals surface area contributed by atoms with Gasteiger partial charge in [-0.05, 0) is 103 Å². The fraction of sp³-hybridized carbons (Fsp3) is 0.531. The SMILES string of the molecule is Cc1ccc(C(C(=O)Nc2c(C)cccc2Cl)N(C(=O)C(CC(C)C)NC(=O)OC(C)(C)C)C(C)(C)C)cc1C. The molecule has 2 rings (SSSR count). The molecule has 0 spiro atoms. The summed E-state index contributed by atoms with van der Waals surface area (Å²) in [6.07, 6.45) is -0.311. The Morgan fingerprint density at radius 2 is 1.55 bits per heavy atom. The van der Waals surface area contributed by atoms with E-state index >= 15 is 0 Å². The number of ether oxygens (including phenoxy) is 1. The number of aryl methyl sites for hydroxylation is 3. The van der Waals surface area contributed by atoms with Gasteiger partial charge in [-0.1, -0.05) is 55.8 Å². The highest BCUT2D eigenvalue weighted by molar-refractivity contribution is 6.34. The van der Waals surface area contributed by atoms with E-state index < -0.39 is 35.2 Å². The van der Waals surface area contributed by atoms with Crippen LogP contribution in [-0.4, -0.2) is 40.0 Å². The Bertz CT molecular complexity index is 1210. The molecule has 7 nitrogen and oxygen atoms in total. The molecule has 0 fully saturated rings. The fourth-order valence-corrected chi connectivity index (χ4v) is 4.76. The first-order valence-corrected chi connectivity index (χ1v) is 14.2. The summed E-state index contributed by atoms with van der Waals surface area (Å²) < 4.78 is 5.48. The molecule has 40 heavy (non-hydrogen) atoms. The quantitative estimate of drug-likeness (QED) is 0.343. The minimum atomic E-state index is -1.00. The predicted octanol–water partition coefficient (Wildman–Crippen LogP) is 7.51. The Morgan fingerprint density at radius 3 is 2.05 bits per heavy atom. The summed E-state index contributed by atoms with van der Waals surface area (Å²) in [5.74, 6) is -0.685. The van der Waals surface area contributed by atoms with E-state index in [9.17, 15) is 14.4 Å². The van der Waals surface area contributed by atoms with E-state index in [-0.39, 0.29) is 11.8 Å². The van der Waals surface area contributed by atoms with Crippen molar-refractivity contribution in [2.75, 3.05) is 5.32 Å². The van der Waals surface area contributed by atoms with Crippen LogP contribution in [0.25, 0.3) is 0 Å². The van der Waals surface area contributed by atoms with Crippen molar-refractivity contribution in [1.29, 1.82) is 0 Å². The highest BCUT2D eigenvalue weighted by Crippen LogP contribution is 2.34. The number of amides is 3. The van der Waals surface area contributed by atoms with Crippen molar-refractivity contribution in [3.8, 4) is 0 Å². The summed E-state index contributed by atoms with van der Waals surface area (Å²) in [4.78, 5) is 43.0. The minimum absolute atomic E-state index is 0.0883. The van der Waals surface area contributed by atoms with Gasteiger partial charge in [-0.25, -0.2) is 4.79 Å². The van der Waals surface area contributed by atoms with Crippen LogP contribution in [0, 0.1) is 26.7 Å². The van der Waals surface area contributed by atoms with Crippen LogP contribution in [0.1, 0.15) is 90.1 Å². The monoisotopic (exact) mass is 571 g/mol. The van der Waals surface area contributed by atoms with Crippen LogP contribution in [0.4, 0.5) is 10.5 Å². The highest BCUT2D eigenvalue weighted by Gasteiger charge is 2.42. The van der Waals surface area contributed by atoms with Gasteiger partial charge in [0.25, 0.3) is 5.91 Å². The van der Waals surface area contributed by atoms with Crippen molar-refractivity contribution in [2.45, 2.75) is 106 Å². The third-order valence-electron chi connectivity index (χ3n) is 6.48. The van der Waals surface area contributed by atoms with Gasteiger partial charge in [-0.2, -0.15) is 0 Å². The molecule has 2 atom stereocenters. The zero-order chi connectivity index (χ0) is 30.6. The number of rotatable bonds is 8. The second kappa shape index (κ2) is 13.1. The number of hydrogen-bond donors (Lipinski definition) is 2. The summed E-state index contributed by atoms with van der Waals surface area (Å²) in [6.45, 7) is 20.7. The van der Waals surface area contributed by atoms with Crippen molar-refractivity contribution in [2.24, 2.45) is 5.92 Å². The van der Waals surface area contributed by atoms with Crippen LogP contribution in [-0.2, 0) is 14.3 Å². The molecule has 0 aliphatic heterocycles. The average Bonchev–Trinajstić information content (AvgIpc) is 2.78. The molecule has 8 heteroatoms. The molecule has 0 saturated heterocycles. The van der Waals surface area contributed by atoms with Gasteiger partial charge in [-0.15, -0.1) is 0 Å². The van der Waals surface area contributed by atoms with Gasteiger partial charge < -0.3 is 20.3 Å². The van der Waals surface area contributed by atoms with Gasteiger partial charge >= 0.3 is 6.09 Å². The average molecular weight is 572 g/mol. The maximum absolute atomic E-state index is 14.4. The van der Waals surface area contributed by atoms with Crippen LogP contribution in [0.2, 0.25) is 5.02 Å². The molecule has 0 saturated carbocycles. The van der Waals surface area contributed by atoms with Crippen molar-refractivity contribution in [3.63, 3.8) is 0 Å². The van der Waals surface area contributed by atoms with E-state index in [1.54, 1.807) is 31.7 Å². The van der Waals surface area contributed by atoms with Crippen LogP contribution in [0.3, 0.4) is 0 Å². The van der Waals surface area contributed by atoms with Crippen LogP contribution < -0.4 is 10.6 Å². The van der Waals surface area contributed by atoms with Gasteiger partial charge in [0, 0.05) is 5.54 Å². The van der Waals surface area contributed by atoms with E-state index in [4.69, 9.17) is 16.3 Å². The van der Waals surface area contributed by atoms with E-state index in [0.29, 0.717) is 22.7 Å². The first-order chi connectivity index (χ1) is 18.3. The largest absolute Gasteiger partial charge is 0.444 e. The van der Waals surface area contributed by atoms with E-state index in [0.717, 1.165) is 16.7 Å². The number of benzene rings is 2. The molecule has 0 radical (unpaired) electrons. The number of carbonyl (C=O) groups is 3. The van der Waals surface area contributed by atoms with E-state index in [1.165, 1.54) is 0 Å². The molecule has 0 aliphatic carbocycles. The van der Waals surface area contributed by atoms with Gasteiger partial charge in [0.2, 0.25) is 5.91 Å². The summed E-state index contributed by atoms with van der Waals surface area (Å²) in [7, 11) is 0. The van der Waals surface area contributed by atoms with Crippen LogP contribution in [0.5, 0.6) is 0 Å². The maximum Gasteiger partial charge on any atom is 0.408 e. The van der Waals surface area contributed by atoms with Crippen molar-refractivity contribution < 1.29 is 19.1 Å². The molecular formula is C32H46ClN3O4. The Hall–Kier alpha value is -3.06. The molecular weight excluding hydrogens is 526 g/mol. The lowest BCUT2D eigenvalue weighted by molar-refractivity contribution is -0.147. The smallest absolute Gasteiger partial charge is 0.408 e. The number of hydrogen-bond acceptors (Lipinski definition) is 4. The summed E-state index contributed by atoms with van der Waals surface area (Å²) >= 11 is 6.46. The molecule has 2 N–H and O–H groups in total. The molecule has 2 unspecified atom stereocenters. The predicted molar refractivity (Wildman–Crippen MR) is 163 cm³/mol. The summed E-state index contributed by atoms with van der Waals surface area (Å²) in [5, 5.41) is 6.19. The number of nitrogens with one attached hydrogen (secondary N) is 2. The van der Waals surface area contributed by atoms with E-state index in [2.05, 4.69) is 10.6 Å². The van der Waals surface area contributed by atoms with Crippen LogP contribution >= 0.6 is 11.6 Å². The Kier molecular flexibility index (Phi) is 10.8. The van der Waals surface area contributed by atoms with Crippen molar-refractivity contribution in [1.82, 2.24) is 10.2 Å². The summed E-state index contributed by atoms with van der Waals surface area (Å²) in [6, 6.07) is 9.24.